The Kier molecular flexibility index (Phi) is 10.1. The highest BCUT2D eigenvalue weighted by Crippen LogP contribution is 2.41. The monoisotopic (exact) mass is 671 g/mol. The zero-order chi connectivity index (χ0) is 32.2. The smallest absolute Gasteiger partial charge is 0.247 e. The lowest BCUT2D eigenvalue weighted by Crippen LogP contribution is -2.49. The molecule has 46 heavy (non-hydrogen) atoms. The summed E-state index contributed by atoms with van der Waals surface area (Å²) >= 11 is 12.1. The van der Waals surface area contributed by atoms with Crippen LogP contribution in [0.25, 0.3) is 0 Å². The summed E-state index contributed by atoms with van der Waals surface area (Å²) in [5.74, 6) is 0.509. The molecule has 11 nitrogen and oxygen atoms in total. The van der Waals surface area contributed by atoms with Crippen molar-refractivity contribution in [2.45, 2.75) is 31.3 Å². The van der Waals surface area contributed by atoms with Gasteiger partial charge in [0.05, 0.1) is 60.1 Å². The standard InChI is InChI=1S/C32H36Cl2FN7O4/c1-3-30(43)39-23-16-24(27(44-2)17-26(23)41-9-6-20(7-10-41)40-11-14-45-15-12-40)38-28-18-29(37-19-36-28)42-25(8-13-46-42)21-4-5-22(33)31(34)32(21)35/h3-5,16-20,25H,1,6-15H2,2H3,(H,39,43)(H,36,37,38)/t25-/m1/s1. The van der Waals surface area contributed by atoms with Crippen molar-refractivity contribution in [3.63, 3.8) is 0 Å². The van der Waals surface area contributed by atoms with Gasteiger partial charge in [-0.05, 0) is 31.1 Å². The number of carbonyl (C=O) groups is 1. The van der Waals surface area contributed by atoms with E-state index in [9.17, 15) is 4.79 Å². The van der Waals surface area contributed by atoms with E-state index >= 15 is 4.39 Å². The van der Waals surface area contributed by atoms with Crippen LogP contribution in [0.1, 0.15) is 30.9 Å². The first kappa shape index (κ1) is 32.3. The van der Waals surface area contributed by atoms with E-state index in [-0.39, 0.29) is 16.0 Å². The van der Waals surface area contributed by atoms with Gasteiger partial charge in [0.15, 0.2) is 5.82 Å². The summed E-state index contributed by atoms with van der Waals surface area (Å²) in [6.45, 7) is 9.13. The predicted octanol–water partition coefficient (Wildman–Crippen LogP) is 5.98. The van der Waals surface area contributed by atoms with E-state index in [0.29, 0.717) is 53.4 Å². The number of halogens is 3. The number of benzene rings is 2. The van der Waals surface area contributed by atoms with E-state index in [0.717, 1.165) is 57.9 Å². The Bertz CT molecular complexity index is 1580. The minimum atomic E-state index is -0.591. The number of hydrogen-bond acceptors (Lipinski definition) is 10. The number of rotatable bonds is 9. The number of nitrogens with zero attached hydrogens (tertiary/aromatic N) is 5. The van der Waals surface area contributed by atoms with Crippen LogP contribution >= 0.6 is 23.2 Å². The average molecular weight is 673 g/mol. The molecular formula is C32H36Cl2FN7O4. The van der Waals surface area contributed by atoms with Crippen molar-refractivity contribution >= 4 is 57.8 Å². The molecule has 2 N–H and O–H groups in total. The van der Waals surface area contributed by atoms with Crippen LogP contribution < -0.4 is 25.3 Å². The van der Waals surface area contributed by atoms with Gasteiger partial charge in [-0.1, -0.05) is 35.8 Å². The second-order valence-electron chi connectivity index (χ2n) is 11.2. The van der Waals surface area contributed by atoms with Crippen molar-refractivity contribution < 1.29 is 23.5 Å². The van der Waals surface area contributed by atoms with Gasteiger partial charge in [0.2, 0.25) is 5.91 Å². The Morgan fingerprint density at radius 3 is 2.59 bits per heavy atom. The number of methoxy groups -OCH3 is 1. The third kappa shape index (κ3) is 6.86. The minimum absolute atomic E-state index is 0.132. The maximum Gasteiger partial charge on any atom is 0.247 e. The third-order valence-electron chi connectivity index (χ3n) is 8.60. The normalized spacial score (nSPS) is 19.3. The average Bonchev–Trinajstić information content (AvgIpc) is 3.58. The van der Waals surface area contributed by atoms with Gasteiger partial charge in [0.25, 0.3) is 0 Å². The van der Waals surface area contributed by atoms with Crippen molar-refractivity contribution in [1.82, 2.24) is 14.9 Å². The molecule has 3 aliphatic heterocycles. The first-order valence-electron chi connectivity index (χ1n) is 15.2. The number of anilines is 5. The Labute approximate surface area is 277 Å². The number of hydroxylamine groups is 1. The molecule has 244 valence electrons. The molecule has 0 saturated carbocycles. The molecule has 2 aromatic carbocycles. The molecule has 0 aliphatic carbocycles. The van der Waals surface area contributed by atoms with Gasteiger partial charge in [-0.25, -0.2) is 19.4 Å². The van der Waals surface area contributed by atoms with Gasteiger partial charge in [-0.2, -0.15) is 0 Å². The molecular weight excluding hydrogens is 636 g/mol. The summed E-state index contributed by atoms with van der Waals surface area (Å²) in [5.41, 5.74) is 2.41. The molecule has 0 bridgehead atoms. The van der Waals surface area contributed by atoms with Gasteiger partial charge in [0.1, 0.15) is 23.7 Å². The van der Waals surface area contributed by atoms with Crippen LogP contribution in [-0.2, 0) is 14.4 Å². The number of amides is 1. The van der Waals surface area contributed by atoms with Gasteiger partial charge in [-0.3, -0.25) is 14.5 Å². The van der Waals surface area contributed by atoms with Crippen molar-refractivity contribution in [3.8, 4) is 5.75 Å². The van der Waals surface area contributed by atoms with Crippen molar-refractivity contribution in [3.05, 3.63) is 70.7 Å². The van der Waals surface area contributed by atoms with Crippen molar-refractivity contribution in [1.29, 1.82) is 0 Å². The summed E-state index contributed by atoms with van der Waals surface area (Å²) in [4.78, 5) is 31.9. The molecule has 1 amide bonds. The lowest BCUT2D eigenvalue weighted by molar-refractivity contribution is -0.111. The quantitative estimate of drug-likeness (QED) is 0.208. The lowest BCUT2D eigenvalue weighted by Gasteiger charge is -2.41. The van der Waals surface area contributed by atoms with Crippen LogP contribution in [0.3, 0.4) is 0 Å². The second-order valence-corrected chi connectivity index (χ2v) is 12.0. The Morgan fingerprint density at radius 2 is 1.85 bits per heavy atom. The van der Waals surface area contributed by atoms with Crippen LogP contribution in [0.15, 0.2) is 49.3 Å². The topological polar surface area (TPSA) is 104 Å². The summed E-state index contributed by atoms with van der Waals surface area (Å²) < 4.78 is 26.4. The Hall–Kier alpha value is -3.68. The summed E-state index contributed by atoms with van der Waals surface area (Å²) in [5, 5.41) is 7.82. The number of nitrogens with one attached hydrogen (secondary N) is 2. The molecule has 3 aromatic rings. The molecule has 3 saturated heterocycles. The molecule has 0 radical (unpaired) electrons. The van der Waals surface area contributed by atoms with Crippen LogP contribution in [0.5, 0.6) is 5.75 Å². The van der Waals surface area contributed by atoms with Crippen LogP contribution in [-0.4, -0.2) is 79.9 Å². The SMILES string of the molecule is C=CC(=O)Nc1cc(Nc2cc(N3OCC[C@@H]3c3ccc(Cl)c(Cl)c3F)ncn2)c(OC)cc1N1CCC(N2CCOCC2)CC1. The van der Waals surface area contributed by atoms with E-state index in [1.165, 1.54) is 12.4 Å². The zero-order valence-electron chi connectivity index (χ0n) is 25.5. The highest BCUT2D eigenvalue weighted by atomic mass is 35.5. The van der Waals surface area contributed by atoms with E-state index < -0.39 is 11.9 Å². The largest absolute Gasteiger partial charge is 0.494 e. The van der Waals surface area contributed by atoms with Gasteiger partial charge in [-0.15, -0.1) is 0 Å². The molecule has 0 unspecified atom stereocenters. The van der Waals surface area contributed by atoms with Crippen molar-refractivity contribution in [2.75, 3.05) is 73.7 Å². The van der Waals surface area contributed by atoms with E-state index in [1.807, 2.05) is 12.1 Å². The fourth-order valence-corrected chi connectivity index (χ4v) is 6.56. The van der Waals surface area contributed by atoms with Crippen LogP contribution in [0.4, 0.5) is 33.1 Å². The molecule has 3 fully saturated rings. The molecule has 4 heterocycles. The first-order valence-corrected chi connectivity index (χ1v) is 16.0. The third-order valence-corrected chi connectivity index (χ3v) is 9.38. The second kappa shape index (κ2) is 14.4. The van der Waals surface area contributed by atoms with Crippen molar-refractivity contribution in [2.24, 2.45) is 0 Å². The summed E-state index contributed by atoms with van der Waals surface area (Å²) in [6.07, 6.45) is 5.17. The fraction of sp³-hybridized carbons (Fsp3) is 0.406. The van der Waals surface area contributed by atoms with Crippen LogP contribution in [0, 0.1) is 5.82 Å². The molecule has 1 aromatic heterocycles. The Morgan fingerprint density at radius 1 is 1.07 bits per heavy atom. The minimum Gasteiger partial charge on any atom is -0.494 e. The van der Waals surface area contributed by atoms with Gasteiger partial charge < -0.3 is 25.0 Å². The van der Waals surface area contributed by atoms with E-state index in [4.69, 9.17) is 37.5 Å². The fourth-order valence-electron chi connectivity index (χ4n) is 6.25. The molecule has 1 atom stereocenters. The molecule has 6 rings (SSSR count). The molecule has 14 heteroatoms. The summed E-state index contributed by atoms with van der Waals surface area (Å²) in [7, 11) is 1.59. The van der Waals surface area contributed by atoms with E-state index in [1.54, 1.807) is 30.4 Å². The summed E-state index contributed by atoms with van der Waals surface area (Å²) in [6, 6.07) is 8.65. The number of morpholine rings is 1. The van der Waals surface area contributed by atoms with Crippen LogP contribution in [0.2, 0.25) is 10.0 Å². The maximum absolute atomic E-state index is 15.1. The number of piperidine rings is 1. The molecule has 3 aliphatic rings. The Balaban J connectivity index is 1.24. The molecule has 0 spiro atoms. The lowest BCUT2D eigenvalue weighted by atomic mass is 10.0. The number of carbonyl (C=O) groups excluding carboxylic acids is 1. The predicted molar refractivity (Wildman–Crippen MR) is 177 cm³/mol. The zero-order valence-corrected chi connectivity index (χ0v) is 27.0. The number of aromatic nitrogens is 2. The maximum atomic E-state index is 15.1. The first-order chi connectivity index (χ1) is 22.4. The highest BCUT2D eigenvalue weighted by Gasteiger charge is 2.33. The van der Waals surface area contributed by atoms with Gasteiger partial charge in [0, 0.05) is 56.3 Å². The van der Waals surface area contributed by atoms with E-state index in [2.05, 4.69) is 37.0 Å². The highest BCUT2D eigenvalue weighted by molar-refractivity contribution is 6.42. The number of hydrogen-bond donors (Lipinski definition) is 2. The number of ether oxygens (including phenoxy) is 2. The van der Waals surface area contributed by atoms with Gasteiger partial charge >= 0.3 is 0 Å².